The minimum absolute atomic E-state index is 2.00. The summed E-state index contributed by atoms with van der Waals surface area (Å²) in [5.74, 6) is 0. The zero-order valence-electron chi connectivity index (χ0n) is 6.62. The number of allylic oxidation sites excluding steroid dienone is 8. The van der Waals surface area contributed by atoms with Crippen LogP contribution in [0.5, 0.6) is 0 Å². The van der Waals surface area contributed by atoms with E-state index in [0.29, 0.717) is 0 Å². The summed E-state index contributed by atoms with van der Waals surface area (Å²) in [6.45, 7) is 4.00. The molecule has 0 aromatic carbocycles. The molecule has 0 aliphatic heterocycles. The minimum atomic E-state index is 2.00. The fraction of sp³-hybridized carbons (Fsp3) is 0.200. The van der Waals surface area contributed by atoms with Gasteiger partial charge in [-0.25, -0.2) is 0 Å². The summed E-state index contributed by atoms with van der Waals surface area (Å²) >= 11 is 0. The highest BCUT2D eigenvalue weighted by Crippen LogP contribution is 1.80. The Bertz CT molecular complexity index is 137. The summed E-state index contributed by atoms with van der Waals surface area (Å²) in [7, 11) is 0. The molecule has 0 aliphatic rings. The van der Waals surface area contributed by atoms with Crippen molar-refractivity contribution in [3.63, 3.8) is 0 Å². The highest BCUT2D eigenvalue weighted by molar-refractivity contribution is 5.14. The molecule has 0 radical (unpaired) electrons. The zero-order valence-corrected chi connectivity index (χ0v) is 6.62. The smallest absolute Gasteiger partial charge is 0.0467 e. The van der Waals surface area contributed by atoms with Crippen LogP contribution in [-0.4, -0.2) is 0 Å². The maximum Gasteiger partial charge on any atom is -0.0467 e. The van der Waals surface area contributed by atoms with Crippen LogP contribution in [0.25, 0.3) is 0 Å². The summed E-state index contributed by atoms with van der Waals surface area (Å²) in [6, 6.07) is 0. The van der Waals surface area contributed by atoms with Gasteiger partial charge in [0.15, 0.2) is 0 Å². The predicted molar refractivity (Wildman–Crippen MR) is 47.9 cm³/mol. The van der Waals surface area contributed by atoms with E-state index in [9.17, 15) is 0 Å². The minimum Gasteiger partial charge on any atom is -0.0877 e. The first kappa shape index (κ1) is 8.96. The van der Waals surface area contributed by atoms with Gasteiger partial charge in [-0.05, 0) is 13.8 Å². The third-order valence-corrected chi connectivity index (χ3v) is 0.940. The van der Waals surface area contributed by atoms with E-state index < -0.39 is 0 Å². The van der Waals surface area contributed by atoms with Crippen molar-refractivity contribution >= 4 is 0 Å². The first-order valence-corrected chi connectivity index (χ1v) is 3.49. The van der Waals surface area contributed by atoms with Crippen LogP contribution in [0.3, 0.4) is 0 Å². The maximum absolute atomic E-state index is 2.00. The van der Waals surface area contributed by atoms with Gasteiger partial charge in [0.25, 0.3) is 0 Å². The van der Waals surface area contributed by atoms with E-state index in [-0.39, 0.29) is 0 Å². The molecule has 0 bridgehead atoms. The van der Waals surface area contributed by atoms with Crippen LogP contribution in [-0.2, 0) is 0 Å². The maximum atomic E-state index is 2.00. The van der Waals surface area contributed by atoms with Crippen LogP contribution >= 0.6 is 0 Å². The monoisotopic (exact) mass is 134 g/mol. The van der Waals surface area contributed by atoms with Crippen LogP contribution in [0.4, 0.5) is 0 Å². The number of rotatable bonds is 3. The van der Waals surface area contributed by atoms with Crippen LogP contribution in [0, 0.1) is 0 Å². The van der Waals surface area contributed by atoms with Gasteiger partial charge in [0.05, 0.1) is 0 Å². The molecule has 0 N–H and O–H groups in total. The van der Waals surface area contributed by atoms with E-state index in [2.05, 4.69) is 0 Å². The second-order valence-corrected chi connectivity index (χ2v) is 1.82. The van der Waals surface area contributed by atoms with E-state index >= 15 is 0 Å². The predicted octanol–water partition coefficient (Wildman–Crippen LogP) is 3.25. The van der Waals surface area contributed by atoms with Gasteiger partial charge in [-0.15, -0.1) is 0 Å². The Morgan fingerprint density at radius 3 is 1.10 bits per heavy atom. The molecule has 0 amide bonds. The third-order valence-electron chi connectivity index (χ3n) is 0.940. The largest absolute Gasteiger partial charge is 0.0877 e. The molecule has 0 heterocycles. The topological polar surface area (TPSA) is 0 Å². The van der Waals surface area contributed by atoms with Crippen molar-refractivity contribution in [2.45, 2.75) is 13.8 Å². The molecular weight excluding hydrogens is 120 g/mol. The number of hydrogen-bond donors (Lipinski definition) is 0. The van der Waals surface area contributed by atoms with Crippen LogP contribution in [0.1, 0.15) is 13.8 Å². The van der Waals surface area contributed by atoms with Gasteiger partial charge >= 0.3 is 0 Å². The van der Waals surface area contributed by atoms with Crippen LogP contribution in [0.15, 0.2) is 48.6 Å². The van der Waals surface area contributed by atoms with Crippen molar-refractivity contribution in [2.24, 2.45) is 0 Å². The molecule has 0 unspecified atom stereocenters. The van der Waals surface area contributed by atoms with E-state index in [0.717, 1.165) is 0 Å². The van der Waals surface area contributed by atoms with E-state index in [1.807, 2.05) is 62.5 Å². The lowest BCUT2D eigenvalue weighted by atomic mass is 10.4. The first-order chi connectivity index (χ1) is 4.91. The highest BCUT2D eigenvalue weighted by Gasteiger charge is 1.58. The lowest BCUT2D eigenvalue weighted by Gasteiger charge is -1.71. The summed E-state index contributed by atoms with van der Waals surface area (Å²) < 4.78 is 0. The normalized spacial score (nSPS) is 13.4. The standard InChI is InChI=1S/C10H14/c1-3-5-7-9-10-8-6-4-2/h3-10H,1-2H3/b5-3-,6-4-,9-7-,10-8-. The molecule has 0 rings (SSSR count). The Morgan fingerprint density at radius 2 is 0.800 bits per heavy atom. The summed E-state index contributed by atoms with van der Waals surface area (Å²) in [6.07, 6.45) is 16.0. The molecule has 0 heteroatoms. The van der Waals surface area contributed by atoms with Gasteiger partial charge in [0.1, 0.15) is 0 Å². The van der Waals surface area contributed by atoms with Crippen LogP contribution in [0.2, 0.25) is 0 Å². The second kappa shape index (κ2) is 7.96. The zero-order chi connectivity index (χ0) is 7.66. The summed E-state index contributed by atoms with van der Waals surface area (Å²) in [5, 5.41) is 0. The van der Waals surface area contributed by atoms with Crippen molar-refractivity contribution in [1.82, 2.24) is 0 Å². The van der Waals surface area contributed by atoms with Crippen molar-refractivity contribution < 1.29 is 0 Å². The van der Waals surface area contributed by atoms with Crippen molar-refractivity contribution in [2.75, 3.05) is 0 Å². The third kappa shape index (κ3) is 6.96. The van der Waals surface area contributed by atoms with E-state index in [4.69, 9.17) is 0 Å². The quantitative estimate of drug-likeness (QED) is 0.520. The molecule has 54 valence electrons. The lowest BCUT2D eigenvalue weighted by Crippen LogP contribution is -1.49. The van der Waals surface area contributed by atoms with Gasteiger partial charge in [-0.1, -0.05) is 48.6 Å². The summed E-state index contributed by atoms with van der Waals surface area (Å²) in [5.41, 5.74) is 0. The number of hydrogen-bond acceptors (Lipinski definition) is 0. The molecular formula is C10H14. The van der Waals surface area contributed by atoms with Crippen molar-refractivity contribution in [3.8, 4) is 0 Å². The van der Waals surface area contributed by atoms with Crippen LogP contribution < -0.4 is 0 Å². The summed E-state index contributed by atoms with van der Waals surface area (Å²) in [4.78, 5) is 0. The molecule has 0 aromatic rings. The first-order valence-electron chi connectivity index (χ1n) is 3.49. The highest BCUT2D eigenvalue weighted by atomic mass is 13.7. The Hall–Kier alpha value is -1.04. The molecule has 0 aromatic heterocycles. The Kier molecular flexibility index (Phi) is 7.13. The molecule has 0 fully saturated rings. The molecule has 0 nitrogen and oxygen atoms in total. The Morgan fingerprint density at radius 1 is 0.500 bits per heavy atom. The molecule has 0 saturated heterocycles. The Balaban J connectivity index is 3.51. The molecule has 10 heavy (non-hydrogen) atoms. The molecule has 0 saturated carbocycles. The SMILES string of the molecule is C\C=C/C=C\C=C/C=C\C. The second-order valence-electron chi connectivity index (χ2n) is 1.82. The lowest BCUT2D eigenvalue weighted by molar-refractivity contribution is 1.72. The fourth-order valence-corrected chi connectivity index (χ4v) is 0.479. The van der Waals surface area contributed by atoms with Gasteiger partial charge in [0, 0.05) is 0 Å². The average molecular weight is 134 g/mol. The van der Waals surface area contributed by atoms with Gasteiger partial charge in [0.2, 0.25) is 0 Å². The van der Waals surface area contributed by atoms with E-state index in [1.165, 1.54) is 0 Å². The molecule has 0 atom stereocenters. The molecule has 0 spiro atoms. The van der Waals surface area contributed by atoms with Gasteiger partial charge in [-0.3, -0.25) is 0 Å². The average Bonchev–Trinajstić information content (AvgIpc) is 1.97. The molecule has 0 aliphatic carbocycles. The Labute approximate surface area is 63.3 Å². The van der Waals surface area contributed by atoms with Gasteiger partial charge in [-0.2, -0.15) is 0 Å². The van der Waals surface area contributed by atoms with Gasteiger partial charge < -0.3 is 0 Å². The fourth-order valence-electron chi connectivity index (χ4n) is 0.479. The van der Waals surface area contributed by atoms with Crippen molar-refractivity contribution in [1.29, 1.82) is 0 Å². The van der Waals surface area contributed by atoms with E-state index in [1.54, 1.807) is 0 Å². The van der Waals surface area contributed by atoms with Crippen molar-refractivity contribution in [3.05, 3.63) is 48.6 Å².